The maximum Gasteiger partial charge on any atom is 0.114 e. The van der Waals surface area contributed by atoms with E-state index in [0.717, 1.165) is 30.3 Å². The number of rotatable bonds is 37. The van der Waals surface area contributed by atoms with Crippen LogP contribution in [-0.2, 0) is 25.7 Å². The molecule has 0 amide bonds. The zero-order valence-electron chi connectivity index (χ0n) is 53.8. The Balaban J connectivity index is 0.862. The van der Waals surface area contributed by atoms with Gasteiger partial charge in [-0.05, 0) is 166 Å². The molecule has 0 spiro atoms. The van der Waals surface area contributed by atoms with E-state index in [9.17, 15) is 0 Å². The van der Waals surface area contributed by atoms with E-state index in [2.05, 4.69) is 151 Å². The monoisotopic (exact) mass is 1340 g/mol. The van der Waals surface area contributed by atoms with Crippen LogP contribution in [0.5, 0.6) is 0 Å². The smallest absolute Gasteiger partial charge is 0.114 e. The normalized spacial score (nSPS) is 11.8. The minimum absolute atomic E-state index is 1.04. The Morgan fingerprint density at radius 2 is 0.607 bits per heavy atom. The molecule has 2 nitrogen and oxygen atoms in total. The fraction of sp³-hybridized carbons (Fsp3) is 0.436. The molecule has 11 aromatic rings. The highest BCUT2D eigenvalue weighted by atomic mass is 32.1. The Labute approximate surface area is 570 Å². The minimum atomic E-state index is 1.04. The Morgan fingerprint density at radius 3 is 0.989 bits per heavy atom. The first-order valence-electron chi connectivity index (χ1n) is 34.0. The van der Waals surface area contributed by atoms with E-state index in [1.165, 1.54) is 289 Å². The summed E-state index contributed by atoms with van der Waals surface area (Å²) in [4.78, 5) is 22.3. The van der Waals surface area contributed by atoms with Crippen LogP contribution < -0.4 is 0 Å². The largest absolute Gasteiger partial charge is 0.172 e. The van der Waals surface area contributed by atoms with Crippen LogP contribution >= 0.6 is 102 Å². The Bertz CT molecular complexity index is 3940. The highest BCUT2D eigenvalue weighted by Gasteiger charge is 2.24. The second-order valence-electron chi connectivity index (χ2n) is 24.8. The molecule has 0 aliphatic carbocycles. The van der Waals surface area contributed by atoms with Gasteiger partial charge in [-0.1, -0.05) is 198 Å². The molecule has 468 valence electrons. The molecule has 0 N–H and O–H groups in total. The van der Waals surface area contributed by atoms with E-state index >= 15 is 0 Å². The van der Waals surface area contributed by atoms with Crippen molar-refractivity contribution in [2.24, 2.45) is 0 Å². The fourth-order valence-corrected chi connectivity index (χ4v) is 22.8. The molecule has 9 aromatic heterocycles. The van der Waals surface area contributed by atoms with Gasteiger partial charge in [-0.25, -0.2) is 0 Å². The molecule has 0 saturated heterocycles. The van der Waals surface area contributed by atoms with Gasteiger partial charge in [0, 0.05) is 89.2 Å². The number of thiophene rings is 8. The van der Waals surface area contributed by atoms with Gasteiger partial charge in [-0.3, -0.25) is 0 Å². The summed E-state index contributed by atoms with van der Waals surface area (Å²) in [5, 5.41) is 0. The van der Waals surface area contributed by atoms with Crippen LogP contribution in [-0.4, -0.2) is 8.75 Å². The number of benzene rings is 2. The molecule has 0 atom stereocenters. The zero-order chi connectivity index (χ0) is 61.3. The van der Waals surface area contributed by atoms with Gasteiger partial charge in [-0.2, -0.15) is 8.75 Å². The summed E-state index contributed by atoms with van der Waals surface area (Å²) in [7, 11) is 0. The van der Waals surface area contributed by atoms with Gasteiger partial charge in [0.15, 0.2) is 0 Å². The molecule has 0 aliphatic heterocycles. The lowest BCUT2D eigenvalue weighted by Crippen LogP contribution is -1.86. The molecule has 11 heteroatoms. The van der Waals surface area contributed by atoms with E-state index in [4.69, 9.17) is 8.75 Å². The van der Waals surface area contributed by atoms with E-state index in [1.54, 1.807) is 5.56 Å². The number of fused-ring (bicyclic) bond motifs is 1. The maximum absolute atomic E-state index is 5.15. The summed E-state index contributed by atoms with van der Waals surface area (Å²) < 4.78 is 10.3. The van der Waals surface area contributed by atoms with Crippen molar-refractivity contribution < 1.29 is 0 Å². The SMILES string of the molecule is CCCCCCCCc1cc(C)sc1-c1ccc(-c2ccc(-c3sc(-c4ccc(-c5cc(CCCCCCCC)c(-c6ccc(-c7ccc(-c8sc(-c9cccc(C)c9)cc8CCCCCCCC)s7)s6)s5)c5nsnc45)cc3CCCCCCCC)s2)s1. The van der Waals surface area contributed by atoms with E-state index in [0.29, 0.717) is 0 Å². The highest BCUT2D eigenvalue weighted by molar-refractivity contribution is 7.30. The van der Waals surface area contributed by atoms with Gasteiger partial charge >= 0.3 is 0 Å². The third-order valence-electron chi connectivity index (χ3n) is 17.6. The highest BCUT2D eigenvalue weighted by Crippen LogP contribution is 2.51. The van der Waals surface area contributed by atoms with Crippen molar-refractivity contribution in [3.8, 4) is 89.8 Å². The average Bonchev–Trinajstić information content (AvgIpc) is 1.78. The van der Waals surface area contributed by atoms with Gasteiger partial charge in [0.2, 0.25) is 0 Å². The van der Waals surface area contributed by atoms with E-state index in [1.807, 2.05) is 90.7 Å². The molecule has 0 aliphatic rings. The standard InChI is InChI=1S/C78H92N2S9/c1-7-11-15-19-23-27-33-56-49-54(6)81-75(56)66-44-40-62(82-66)63-42-46-68(84-63)77-58(35-29-25-21-17-13-9-3)51-71(87-77)60-38-39-61(74-73(60)79-89-80-74)72-52-59(36-30-26-22-18-14-10-4)78(88-72)69-47-43-65(85-69)64-41-45-67(83-64)76-57(34-28-24-20-16-12-8-2)50-70(86-76)55-37-31-32-53(5)48-55/h31-32,37-52H,7-30,33-36H2,1-6H3. The Kier molecular flexibility index (Phi) is 25.1. The number of nitrogens with zero attached hydrogens (tertiary/aromatic N) is 2. The molecule has 0 radical (unpaired) electrons. The first kappa shape index (κ1) is 66.3. The number of hydrogen-bond acceptors (Lipinski definition) is 11. The summed E-state index contributed by atoms with van der Waals surface area (Å²) >= 11 is 17.2. The molecule has 0 bridgehead atoms. The van der Waals surface area contributed by atoms with E-state index in [-0.39, 0.29) is 0 Å². The molecule has 9 heterocycles. The predicted molar refractivity (Wildman–Crippen MR) is 407 cm³/mol. The molecular formula is C78H92N2S9. The van der Waals surface area contributed by atoms with Crippen LogP contribution in [0.2, 0.25) is 0 Å². The summed E-state index contributed by atoms with van der Waals surface area (Å²) in [5.41, 5.74) is 13.2. The van der Waals surface area contributed by atoms with Crippen LogP contribution in [0, 0.1) is 13.8 Å². The second kappa shape index (κ2) is 33.6. The number of aromatic nitrogens is 2. The topological polar surface area (TPSA) is 25.8 Å². The van der Waals surface area contributed by atoms with Crippen LogP contribution in [0.15, 0.2) is 109 Å². The summed E-state index contributed by atoms with van der Waals surface area (Å²) in [6.45, 7) is 13.7. The van der Waals surface area contributed by atoms with Crippen molar-refractivity contribution in [1.29, 1.82) is 0 Å². The first-order valence-corrected chi connectivity index (χ1v) is 41.3. The Morgan fingerprint density at radius 1 is 0.281 bits per heavy atom. The van der Waals surface area contributed by atoms with Crippen molar-refractivity contribution in [2.45, 2.75) is 221 Å². The average molecular weight is 1350 g/mol. The zero-order valence-corrected chi connectivity index (χ0v) is 61.1. The van der Waals surface area contributed by atoms with Crippen LogP contribution in [0.3, 0.4) is 0 Å². The molecular weight excluding hydrogens is 1250 g/mol. The maximum atomic E-state index is 5.15. The Hall–Kier alpha value is -4.14. The lowest BCUT2D eigenvalue weighted by Gasteiger charge is -2.04. The van der Waals surface area contributed by atoms with Crippen molar-refractivity contribution in [3.05, 3.63) is 142 Å². The second-order valence-corrected chi connectivity index (χ2v) is 34.1. The third kappa shape index (κ3) is 17.2. The predicted octanol–water partition coefficient (Wildman–Crippen LogP) is 29.4. The van der Waals surface area contributed by atoms with Gasteiger partial charge in [0.05, 0.1) is 11.7 Å². The van der Waals surface area contributed by atoms with E-state index < -0.39 is 0 Å². The molecule has 11 rings (SSSR count). The first-order chi connectivity index (χ1) is 43.8. The lowest BCUT2D eigenvalue weighted by atomic mass is 10.0. The molecule has 0 fully saturated rings. The van der Waals surface area contributed by atoms with Crippen LogP contribution in [0.4, 0.5) is 0 Å². The summed E-state index contributed by atoms with van der Waals surface area (Å²) in [6.07, 6.45) is 36.0. The summed E-state index contributed by atoms with van der Waals surface area (Å²) in [5.74, 6) is 0. The van der Waals surface area contributed by atoms with Crippen molar-refractivity contribution >= 4 is 113 Å². The number of unbranched alkanes of at least 4 members (excludes halogenated alkanes) is 20. The summed E-state index contributed by atoms with van der Waals surface area (Å²) in [6, 6.07) is 43.0. The quantitative estimate of drug-likeness (QED) is 0.0363. The fourth-order valence-electron chi connectivity index (χ4n) is 12.7. The number of hydrogen-bond donors (Lipinski definition) is 0. The van der Waals surface area contributed by atoms with Crippen molar-refractivity contribution in [3.63, 3.8) is 0 Å². The molecule has 0 saturated carbocycles. The molecule has 0 unspecified atom stereocenters. The van der Waals surface area contributed by atoms with Crippen LogP contribution in [0.25, 0.3) is 101 Å². The van der Waals surface area contributed by atoms with Crippen molar-refractivity contribution in [1.82, 2.24) is 8.75 Å². The third-order valence-corrected chi connectivity index (χ3v) is 28.3. The lowest BCUT2D eigenvalue weighted by molar-refractivity contribution is 0.608. The van der Waals surface area contributed by atoms with Gasteiger partial charge < -0.3 is 0 Å². The molecule has 89 heavy (non-hydrogen) atoms. The van der Waals surface area contributed by atoms with Crippen LogP contribution in [0.1, 0.15) is 214 Å². The molecule has 2 aromatic carbocycles. The minimum Gasteiger partial charge on any atom is -0.172 e. The van der Waals surface area contributed by atoms with Crippen molar-refractivity contribution in [2.75, 3.05) is 0 Å². The van der Waals surface area contributed by atoms with Gasteiger partial charge in [0.25, 0.3) is 0 Å². The van der Waals surface area contributed by atoms with Gasteiger partial charge in [-0.15, -0.1) is 90.7 Å². The van der Waals surface area contributed by atoms with Gasteiger partial charge in [0.1, 0.15) is 11.0 Å². The number of aryl methyl sites for hydroxylation is 6.